The Morgan fingerprint density at radius 2 is 2.00 bits per heavy atom. The lowest BCUT2D eigenvalue weighted by atomic mass is 10.1. The molecule has 0 amide bonds. The molecule has 0 aliphatic carbocycles. The van der Waals surface area contributed by atoms with Crippen LogP contribution in [0, 0.1) is 0 Å². The second-order valence-electron chi connectivity index (χ2n) is 4.36. The van der Waals surface area contributed by atoms with Gasteiger partial charge in [0.15, 0.2) is 0 Å². The third-order valence-corrected chi connectivity index (χ3v) is 2.30. The highest BCUT2D eigenvalue weighted by atomic mass is 16.5. The van der Waals surface area contributed by atoms with Crippen molar-refractivity contribution < 1.29 is 9.53 Å². The van der Waals surface area contributed by atoms with Crippen LogP contribution in [0.3, 0.4) is 0 Å². The summed E-state index contributed by atoms with van der Waals surface area (Å²) in [5.74, 6) is 2.63. The summed E-state index contributed by atoms with van der Waals surface area (Å²) in [6, 6.07) is 7.79. The molecular weight excluding hydrogens is 214 g/mol. The van der Waals surface area contributed by atoms with Gasteiger partial charge in [0, 0.05) is 19.0 Å². The Morgan fingerprint density at radius 3 is 2.53 bits per heavy atom. The number of ether oxygens (including phenoxy) is 1. The summed E-state index contributed by atoms with van der Waals surface area (Å²) in [5, 5.41) is 0. The molecule has 0 heterocycles. The lowest BCUT2D eigenvalue weighted by molar-refractivity contribution is 0.177. The van der Waals surface area contributed by atoms with E-state index in [1.54, 1.807) is 5.94 Å². The molecule has 3 nitrogen and oxygen atoms in total. The molecule has 0 aliphatic heterocycles. The second kappa shape index (κ2) is 6.89. The summed E-state index contributed by atoms with van der Waals surface area (Å²) in [7, 11) is 4.05. The van der Waals surface area contributed by atoms with Crippen LogP contribution in [0.2, 0.25) is 0 Å². The monoisotopic (exact) mass is 233 g/mol. The fourth-order valence-corrected chi connectivity index (χ4v) is 1.65. The highest BCUT2D eigenvalue weighted by Gasteiger charge is 2.04. The average Bonchev–Trinajstić information content (AvgIpc) is 2.27. The summed E-state index contributed by atoms with van der Waals surface area (Å²) in [6.45, 7) is 2.93. The van der Waals surface area contributed by atoms with E-state index in [1.807, 2.05) is 45.3 Å². The Balaban J connectivity index is 2.52. The molecule has 1 aromatic carbocycles. The van der Waals surface area contributed by atoms with Gasteiger partial charge in [0.1, 0.15) is 17.8 Å². The van der Waals surface area contributed by atoms with Crippen molar-refractivity contribution in [3.05, 3.63) is 35.9 Å². The molecule has 1 unspecified atom stereocenters. The van der Waals surface area contributed by atoms with Crippen molar-refractivity contribution in [1.29, 1.82) is 0 Å². The molecule has 1 aromatic rings. The van der Waals surface area contributed by atoms with Gasteiger partial charge in [-0.15, -0.1) is 0 Å². The summed E-state index contributed by atoms with van der Waals surface area (Å²) in [6.07, 6.45) is 2.26. The standard InChI is InChI=1S/C14H19NO2/c1-12(11-15(2)3)17-14-8-6-13(7-9-14)5-4-10-16/h4,6-9,12H,5,11H2,1-3H3. The van der Waals surface area contributed by atoms with E-state index in [9.17, 15) is 4.79 Å². The van der Waals surface area contributed by atoms with Crippen molar-refractivity contribution in [2.45, 2.75) is 19.4 Å². The van der Waals surface area contributed by atoms with Crippen LogP contribution in [-0.2, 0) is 11.2 Å². The number of rotatable bonds is 6. The lowest BCUT2D eigenvalue weighted by Crippen LogP contribution is -2.27. The predicted molar refractivity (Wildman–Crippen MR) is 69.1 cm³/mol. The maximum atomic E-state index is 10.1. The summed E-state index contributed by atoms with van der Waals surface area (Å²) in [4.78, 5) is 12.2. The molecule has 0 saturated carbocycles. The van der Waals surface area contributed by atoms with Crippen molar-refractivity contribution in [1.82, 2.24) is 4.90 Å². The van der Waals surface area contributed by atoms with Crippen molar-refractivity contribution in [2.75, 3.05) is 20.6 Å². The first-order valence-electron chi connectivity index (χ1n) is 5.71. The van der Waals surface area contributed by atoms with Crippen LogP contribution < -0.4 is 4.74 Å². The number of allylic oxidation sites excluding steroid dienone is 1. The number of hydrogen-bond acceptors (Lipinski definition) is 3. The van der Waals surface area contributed by atoms with Gasteiger partial charge in [-0.05, 0) is 38.7 Å². The van der Waals surface area contributed by atoms with Crippen molar-refractivity contribution in [2.24, 2.45) is 0 Å². The van der Waals surface area contributed by atoms with Crippen LogP contribution in [0.4, 0.5) is 0 Å². The first kappa shape index (κ1) is 13.5. The Kier molecular flexibility index (Phi) is 5.47. The van der Waals surface area contributed by atoms with Crippen molar-refractivity contribution >= 4 is 5.94 Å². The SMILES string of the molecule is CC(CN(C)C)Oc1ccc(CC=C=O)cc1. The maximum Gasteiger partial charge on any atom is 0.120 e. The molecule has 17 heavy (non-hydrogen) atoms. The topological polar surface area (TPSA) is 29.5 Å². The molecule has 92 valence electrons. The number of nitrogens with zero attached hydrogens (tertiary/aromatic N) is 1. The predicted octanol–water partition coefficient (Wildman–Crippen LogP) is 1.95. The van der Waals surface area contributed by atoms with Gasteiger partial charge < -0.3 is 9.64 Å². The largest absolute Gasteiger partial charge is 0.489 e. The smallest absolute Gasteiger partial charge is 0.120 e. The van der Waals surface area contributed by atoms with Gasteiger partial charge in [-0.1, -0.05) is 12.1 Å². The van der Waals surface area contributed by atoms with Gasteiger partial charge in [-0.2, -0.15) is 0 Å². The van der Waals surface area contributed by atoms with E-state index in [1.165, 1.54) is 6.08 Å². The van der Waals surface area contributed by atoms with Crippen LogP contribution in [0.1, 0.15) is 12.5 Å². The van der Waals surface area contributed by atoms with E-state index in [4.69, 9.17) is 4.74 Å². The van der Waals surface area contributed by atoms with Gasteiger partial charge in [0.2, 0.25) is 0 Å². The van der Waals surface area contributed by atoms with E-state index < -0.39 is 0 Å². The summed E-state index contributed by atoms with van der Waals surface area (Å²) in [5.41, 5.74) is 1.08. The van der Waals surface area contributed by atoms with E-state index >= 15 is 0 Å². The Hall–Kier alpha value is -1.57. The fraction of sp³-hybridized carbons (Fsp3) is 0.429. The highest BCUT2D eigenvalue weighted by molar-refractivity contribution is 5.46. The van der Waals surface area contributed by atoms with Crippen LogP contribution in [0.15, 0.2) is 30.3 Å². The first-order chi connectivity index (χ1) is 8.11. The zero-order valence-corrected chi connectivity index (χ0v) is 10.6. The minimum atomic E-state index is 0.158. The minimum Gasteiger partial charge on any atom is -0.489 e. The lowest BCUT2D eigenvalue weighted by Gasteiger charge is -2.18. The molecule has 0 aliphatic rings. The molecule has 0 fully saturated rings. The third kappa shape index (κ3) is 5.34. The number of hydrogen-bond donors (Lipinski definition) is 0. The van der Waals surface area contributed by atoms with Gasteiger partial charge in [-0.3, -0.25) is 0 Å². The quantitative estimate of drug-likeness (QED) is 0.703. The molecular formula is C14H19NO2. The van der Waals surface area contributed by atoms with Crippen LogP contribution >= 0.6 is 0 Å². The van der Waals surface area contributed by atoms with Gasteiger partial charge in [0.05, 0.1) is 0 Å². The minimum absolute atomic E-state index is 0.158. The molecule has 0 aromatic heterocycles. The van der Waals surface area contributed by atoms with Crippen LogP contribution in [-0.4, -0.2) is 37.6 Å². The zero-order chi connectivity index (χ0) is 12.7. The molecule has 0 N–H and O–H groups in total. The number of likely N-dealkylation sites (N-methyl/N-ethyl adjacent to an activating group) is 1. The molecule has 0 saturated heterocycles. The van der Waals surface area contributed by atoms with E-state index in [0.29, 0.717) is 6.42 Å². The molecule has 0 radical (unpaired) electrons. The van der Waals surface area contributed by atoms with Gasteiger partial charge in [0.25, 0.3) is 0 Å². The Bertz CT molecular complexity index is 378. The number of carbonyl (C=O) groups excluding carboxylic acids is 1. The van der Waals surface area contributed by atoms with Gasteiger partial charge >= 0.3 is 0 Å². The maximum absolute atomic E-state index is 10.1. The highest BCUT2D eigenvalue weighted by Crippen LogP contribution is 2.14. The first-order valence-corrected chi connectivity index (χ1v) is 5.71. The molecule has 0 spiro atoms. The summed E-state index contributed by atoms with van der Waals surface area (Å²) < 4.78 is 5.76. The molecule has 3 heteroatoms. The van der Waals surface area contributed by atoms with Crippen molar-refractivity contribution in [3.8, 4) is 5.75 Å². The number of benzene rings is 1. The Morgan fingerprint density at radius 1 is 1.35 bits per heavy atom. The van der Waals surface area contributed by atoms with Crippen LogP contribution in [0.5, 0.6) is 5.75 Å². The van der Waals surface area contributed by atoms with E-state index in [-0.39, 0.29) is 6.10 Å². The normalized spacial score (nSPS) is 12.0. The summed E-state index contributed by atoms with van der Waals surface area (Å²) >= 11 is 0. The van der Waals surface area contributed by atoms with Crippen molar-refractivity contribution in [3.63, 3.8) is 0 Å². The zero-order valence-electron chi connectivity index (χ0n) is 10.6. The molecule has 1 atom stereocenters. The van der Waals surface area contributed by atoms with E-state index in [2.05, 4.69) is 4.90 Å². The third-order valence-electron chi connectivity index (χ3n) is 2.30. The van der Waals surface area contributed by atoms with E-state index in [0.717, 1.165) is 17.9 Å². The molecule has 0 bridgehead atoms. The fourth-order valence-electron chi connectivity index (χ4n) is 1.65. The average molecular weight is 233 g/mol. The van der Waals surface area contributed by atoms with Crippen LogP contribution in [0.25, 0.3) is 0 Å². The van der Waals surface area contributed by atoms with Gasteiger partial charge in [-0.25, -0.2) is 4.79 Å². The second-order valence-corrected chi connectivity index (χ2v) is 4.36. The Labute approximate surface area is 103 Å². The molecule has 1 rings (SSSR count).